The summed E-state index contributed by atoms with van der Waals surface area (Å²) < 4.78 is 46.6. The van der Waals surface area contributed by atoms with E-state index < -0.39 is 18.6 Å². The van der Waals surface area contributed by atoms with Crippen LogP contribution in [0.25, 0.3) is 10.9 Å². The largest absolute Gasteiger partial charge is 0.491 e. The van der Waals surface area contributed by atoms with Crippen LogP contribution in [0.4, 0.5) is 19.0 Å². The molecule has 1 N–H and O–H groups in total. The molecular weight excluding hydrogens is 363 g/mol. The van der Waals surface area contributed by atoms with Gasteiger partial charge >= 0.3 is 6.18 Å². The van der Waals surface area contributed by atoms with Gasteiger partial charge < -0.3 is 10.1 Å². The van der Waals surface area contributed by atoms with Gasteiger partial charge in [0.15, 0.2) is 5.82 Å². The van der Waals surface area contributed by atoms with Crippen molar-refractivity contribution in [2.24, 2.45) is 7.05 Å². The van der Waals surface area contributed by atoms with Crippen molar-refractivity contribution >= 4 is 22.6 Å². The molecule has 0 saturated heterocycles. The minimum atomic E-state index is -4.46. The van der Waals surface area contributed by atoms with Gasteiger partial charge in [-0.1, -0.05) is 0 Å². The van der Waals surface area contributed by atoms with Gasteiger partial charge in [-0.3, -0.25) is 14.2 Å². The number of aromatic nitrogens is 4. The number of aryl methyl sites for hydroxylation is 1. The fourth-order valence-electron chi connectivity index (χ4n) is 2.60. The number of carbonyl (C=O) groups excluding carboxylic acids is 1. The SMILES string of the molecule is CC(C)Oc1ccc2c(NC(=O)c3cnn(C)c3)nn(CC(F)(F)F)c2c1. The van der Waals surface area contributed by atoms with Gasteiger partial charge in [-0.05, 0) is 26.0 Å². The summed E-state index contributed by atoms with van der Waals surface area (Å²) in [5.74, 6) is -0.0469. The fraction of sp³-hybridized carbons (Fsp3) is 0.353. The van der Waals surface area contributed by atoms with Crippen molar-refractivity contribution in [2.45, 2.75) is 32.7 Å². The highest BCUT2D eigenvalue weighted by Crippen LogP contribution is 2.30. The Bertz CT molecular complexity index is 975. The summed E-state index contributed by atoms with van der Waals surface area (Å²) in [7, 11) is 1.65. The van der Waals surface area contributed by atoms with Crippen LogP contribution < -0.4 is 10.1 Å². The number of rotatable bonds is 5. The van der Waals surface area contributed by atoms with Crippen LogP contribution >= 0.6 is 0 Å². The minimum absolute atomic E-state index is 0.0409. The Labute approximate surface area is 152 Å². The topological polar surface area (TPSA) is 74.0 Å². The van der Waals surface area contributed by atoms with Crippen molar-refractivity contribution in [1.29, 1.82) is 0 Å². The monoisotopic (exact) mass is 381 g/mol. The van der Waals surface area contributed by atoms with Crippen LogP contribution in [0.3, 0.4) is 0 Å². The van der Waals surface area contributed by atoms with E-state index in [1.165, 1.54) is 23.1 Å². The molecule has 1 aromatic carbocycles. The first-order valence-electron chi connectivity index (χ1n) is 8.16. The number of halogens is 3. The molecule has 3 rings (SSSR count). The van der Waals surface area contributed by atoms with Crippen molar-refractivity contribution in [3.8, 4) is 5.75 Å². The van der Waals surface area contributed by atoms with Gasteiger partial charge in [-0.25, -0.2) is 0 Å². The smallest absolute Gasteiger partial charge is 0.408 e. The third-order valence-electron chi connectivity index (χ3n) is 3.62. The van der Waals surface area contributed by atoms with E-state index in [2.05, 4.69) is 15.5 Å². The molecular formula is C17H18F3N5O2. The van der Waals surface area contributed by atoms with Crippen LogP contribution in [-0.4, -0.2) is 37.7 Å². The van der Waals surface area contributed by atoms with Gasteiger partial charge in [0.05, 0.1) is 23.4 Å². The second kappa shape index (κ2) is 6.93. The number of alkyl halides is 3. The summed E-state index contributed by atoms with van der Waals surface area (Å²) in [6, 6.07) is 4.68. The number of carbonyl (C=O) groups is 1. The average Bonchev–Trinajstić information content (AvgIpc) is 3.10. The molecule has 0 aliphatic heterocycles. The van der Waals surface area contributed by atoms with Crippen LogP contribution in [0, 0.1) is 0 Å². The van der Waals surface area contributed by atoms with Crippen molar-refractivity contribution in [3.63, 3.8) is 0 Å². The van der Waals surface area contributed by atoms with E-state index in [0.717, 1.165) is 4.68 Å². The third-order valence-corrected chi connectivity index (χ3v) is 3.62. The lowest BCUT2D eigenvalue weighted by molar-refractivity contribution is -0.141. The molecule has 0 atom stereocenters. The van der Waals surface area contributed by atoms with Gasteiger partial charge in [-0.15, -0.1) is 0 Å². The molecule has 0 bridgehead atoms. The lowest BCUT2D eigenvalue weighted by atomic mass is 10.2. The zero-order valence-corrected chi connectivity index (χ0v) is 14.9. The molecule has 0 radical (unpaired) electrons. The molecule has 2 heterocycles. The normalized spacial score (nSPS) is 12.0. The highest BCUT2D eigenvalue weighted by atomic mass is 19.4. The first kappa shape index (κ1) is 18.7. The van der Waals surface area contributed by atoms with E-state index >= 15 is 0 Å². The quantitative estimate of drug-likeness (QED) is 0.735. The van der Waals surface area contributed by atoms with E-state index in [1.807, 2.05) is 13.8 Å². The standard InChI is InChI=1S/C17H18F3N5O2/c1-10(2)27-12-4-5-13-14(6-12)25(9-17(18,19)20)23-15(13)22-16(26)11-7-21-24(3)8-11/h4-8,10H,9H2,1-3H3,(H,22,23,26). The van der Waals surface area contributed by atoms with Gasteiger partial charge in [0.1, 0.15) is 12.3 Å². The molecule has 3 aromatic rings. The number of hydrogen-bond acceptors (Lipinski definition) is 4. The van der Waals surface area contributed by atoms with Crippen molar-refractivity contribution in [2.75, 3.05) is 5.32 Å². The van der Waals surface area contributed by atoms with E-state index in [4.69, 9.17) is 4.74 Å². The van der Waals surface area contributed by atoms with Crippen molar-refractivity contribution < 1.29 is 22.7 Å². The summed E-state index contributed by atoms with van der Waals surface area (Å²) in [5.41, 5.74) is 0.489. The van der Waals surface area contributed by atoms with Gasteiger partial charge in [0.2, 0.25) is 0 Å². The predicted octanol–water partition coefficient (Wildman–Crippen LogP) is 3.37. The predicted molar refractivity (Wildman–Crippen MR) is 92.7 cm³/mol. The Kier molecular flexibility index (Phi) is 4.81. The van der Waals surface area contributed by atoms with Crippen molar-refractivity contribution in [1.82, 2.24) is 19.6 Å². The molecule has 27 heavy (non-hydrogen) atoms. The molecule has 0 aliphatic carbocycles. The summed E-state index contributed by atoms with van der Waals surface area (Å²) in [5, 5.41) is 10.8. The van der Waals surface area contributed by atoms with Crippen LogP contribution in [0.15, 0.2) is 30.6 Å². The number of anilines is 1. The number of benzene rings is 1. The first-order chi connectivity index (χ1) is 12.6. The molecule has 10 heteroatoms. The first-order valence-corrected chi connectivity index (χ1v) is 8.16. The van der Waals surface area contributed by atoms with Crippen LogP contribution in [0.2, 0.25) is 0 Å². The van der Waals surface area contributed by atoms with Gasteiger partial charge in [0.25, 0.3) is 5.91 Å². The number of nitrogens with zero attached hydrogens (tertiary/aromatic N) is 4. The molecule has 7 nitrogen and oxygen atoms in total. The highest BCUT2D eigenvalue weighted by Gasteiger charge is 2.30. The van der Waals surface area contributed by atoms with E-state index in [-0.39, 0.29) is 23.0 Å². The van der Waals surface area contributed by atoms with E-state index in [1.54, 1.807) is 19.2 Å². The fourth-order valence-corrected chi connectivity index (χ4v) is 2.60. The Morgan fingerprint density at radius 2 is 2.07 bits per heavy atom. The van der Waals surface area contributed by atoms with Crippen LogP contribution in [-0.2, 0) is 13.6 Å². The molecule has 0 unspecified atom stereocenters. The van der Waals surface area contributed by atoms with Gasteiger partial charge in [-0.2, -0.15) is 23.4 Å². The summed E-state index contributed by atoms with van der Waals surface area (Å²) in [4.78, 5) is 12.3. The van der Waals surface area contributed by atoms with Crippen LogP contribution in [0.5, 0.6) is 5.75 Å². The molecule has 144 valence electrons. The van der Waals surface area contributed by atoms with Crippen LogP contribution in [0.1, 0.15) is 24.2 Å². The lowest BCUT2D eigenvalue weighted by Crippen LogP contribution is -2.19. The Morgan fingerprint density at radius 3 is 2.67 bits per heavy atom. The zero-order valence-electron chi connectivity index (χ0n) is 14.9. The number of fused-ring (bicyclic) bond motifs is 1. The minimum Gasteiger partial charge on any atom is -0.491 e. The summed E-state index contributed by atoms with van der Waals surface area (Å²) in [6.07, 6.45) is -1.73. The second-order valence-corrected chi connectivity index (χ2v) is 6.32. The molecule has 0 aliphatic rings. The molecule has 0 spiro atoms. The van der Waals surface area contributed by atoms with Gasteiger partial charge in [0, 0.05) is 24.7 Å². The van der Waals surface area contributed by atoms with E-state index in [0.29, 0.717) is 11.1 Å². The number of amides is 1. The highest BCUT2D eigenvalue weighted by molar-refractivity contribution is 6.07. The maximum Gasteiger partial charge on any atom is 0.408 e. The number of ether oxygens (including phenoxy) is 1. The lowest BCUT2D eigenvalue weighted by Gasteiger charge is -2.11. The summed E-state index contributed by atoms with van der Waals surface area (Å²) in [6.45, 7) is 2.35. The van der Waals surface area contributed by atoms with E-state index in [9.17, 15) is 18.0 Å². The number of hydrogen-bond donors (Lipinski definition) is 1. The molecule has 0 saturated carbocycles. The molecule has 2 aromatic heterocycles. The van der Waals surface area contributed by atoms with Crippen molar-refractivity contribution in [3.05, 3.63) is 36.2 Å². The Balaban J connectivity index is 2.00. The Hall–Kier alpha value is -3.04. The molecule has 1 amide bonds. The average molecular weight is 381 g/mol. The maximum absolute atomic E-state index is 12.9. The zero-order chi connectivity index (χ0) is 19.8. The number of nitrogens with one attached hydrogen (secondary N) is 1. The molecule has 0 fully saturated rings. The summed E-state index contributed by atoms with van der Waals surface area (Å²) >= 11 is 0. The Morgan fingerprint density at radius 1 is 1.33 bits per heavy atom. The third kappa shape index (κ3) is 4.39. The maximum atomic E-state index is 12.9. The second-order valence-electron chi connectivity index (χ2n) is 6.32.